The molecular formula is C10H18BN3O3. The van der Waals surface area contributed by atoms with Gasteiger partial charge in [0.15, 0.2) is 0 Å². The van der Waals surface area contributed by atoms with Crippen molar-refractivity contribution in [2.45, 2.75) is 31.2 Å². The van der Waals surface area contributed by atoms with Crippen LogP contribution in [0.25, 0.3) is 0 Å². The number of likely N-dealkylation sites (tertiary alicyclic amines) is 1. The maximum Gasteiger partial charge on any atom is 0.325 e. The molecule has 0 aromatic carbocycles. The highest BCUT2D eigenvalue weighted by Gasteiger charge is 2.50. The second-order valence-electron chi connectivity index (χ2n) is 4.63. The lowest BCUT2D eigenvalue weighted by Crippen LogP contribution is -2.55. The first-order valence-corrected chi connectivity index (χ1v) is 5.59. The summed E-state index contributed by atoms with van der Waals surface area (Å²) in [6.45, 7) is 1.87. The van der Waals surface area contributed by atoms with Crippen molar-refractivity contribution < 1.29 is 14.7 Å². The van der Waals surface area contributed by atoms with E-state index in [1.165, 1.54) is 4.90 Å². The Hall–Kier alpha value is -1.08. The molecule has 1 saturated heterocycles. The lowest BCUT2D eigenvalue weighted by molar-refractivity contribution is -0.144. The fraction of sp³-hybridized carbons (Fsp3) is 0.800. The number of nitrogens with two attached hydrogens (primary N) is 2. The molecule has 0 saturated carbocycles. The molecule has 0 aliphatic carbocycles. The standard InChI is InChI=1S/C10H18BN3O3/c1-6(12)8(15)14-4-7(2-3-11)10(13,5-14)9(16)17/h6-7H,2-5,12-13H2,1H3,(H,16,17)/t6?,7-,10-/m0/s1. The van der Waals surface area contributed by atoms with Crippen LogP contribution in [0.15, 0.2) is 0 Å². The second kappa shape index (κ2) is 5.06. The summed E-state index contributed by atoms with van der Waals surface area (Å²) in [6.07, 6.45) is 0.822. The fourth-order valence-electron chi connectivity index (χ4n) is 2.19. The first-order valence-electron chi connectivity index (χ1n) is 5.59. The summed E-state index contributed by atoms with van der Waals surface area (Å²) >= 11 is 0. The lowest BCUT2D eigenvalue weighted by atomic mass is 9.81. The number of amides is 1. The summed E-state index contributed by atoms with van der Waals surface area (Å²) < 4.78 is 0. The monoisotopic (exact) mass is 239 g/mol. The smallest absolute Gasteiger partial charge is 0.325 e. The molecule has 1 fully saturated rings. The maximum atomic E-state index is 11.7. The summed E-state index contributed by atoms with van der Waals surface area (Å²) in [6, 6.07) is -0.648. The zero-order valence-corrected chi connectivity index (χ0v) is 9.93. The van der Waals surface area contributed by atoms with Gasteiger partial charge in [0.1, 0.15) is 5.54 Å². The molecule has 2 radical (unpaired) electrons. The minimum absolute atomic E-state index is 0.00657. The van der Waals surface area contributed by atoms with Gasteiger partial charge in [-0.05, 0) is 6.92 Å². The van der Waals surface area contributed by atoms with E-state index in [-0.39, 0.29) is 18.4 Å². The Bertz CT molecular complexity index is 324. The topological polar surface area (TPSA) is 110 Å². The Labute approximate surface area is 102 Å². The highest BCUT2D eigenvalue weighted by Crippen LogP contribution is 2.29. The van der Waals surface area contributed by atoms with Gasteiger partial charge in [-0.3, -0.25) is 9.59 Å². The summed E-state index contributed by atoms with van der Waals surface area (Å²) in [4.78, 5) is 24.4. The van der Waals surface area contributed by atoms with Gasteiger partial charge in [0.25, 0.3) is 0 Å². The number of hydrogen-bond acceptors (Lipinski definition) is 4. The number of carboxylic acid groups (broad SMARTS) is 1. The first-order chi connectivity index (χ1) is 7.82. The summed E-state index contributed by atoms with van der Waals surface area (Å²) in [5.41, 5.74) is 9.95. The van der Waals surface area contributed by atoms with Crippen LogP contribution < -0.4 is 11.5 Å². The third kappa shape index (κ3) is 2.61. The summed E-state index contributed by atoms with van der Waals surface area (Å²) in [5.74, 6) is -1.70. The van der Waals surface area contributed by atoms with Crippen LogP contribution in [-0.2, 0) is 9.59 Å². The average Bonchev–Trinajstić information content (AvgIpc) is 2.57. The third-order valence-electron chi connectivity index (χ3n) is 3.24. The van der Waals surface area contributed by atoms with E-state index in [0.717, 1.165) is 0 Å². The zero-order valence-electron chi connectivity index (χ0n) is 9.93. The van der Waals surface area contributed by atoms with Crippen LogP contribution in [-0.4, -0.2) is 54.4 Å². The number of carbonyl (C=O) groups is 2. The van der Waals surface area contributed by atoms with Gasteiger partial charge in [-0.25, -0.2) is 0 Å². The van der Waals surface area contributed by atoms with Crippen LogP contribution in [0, 0.1) is 5.92 Å². The van der Waals surface area contributed by atoms with Crippen molar-refractivity contribution in [2.24, 2.45) is 17.4 Å². The molecule has 94 valence electrons. The van der Waals surface area contributed by atoms with Gasteiger partial charge in [-0.1, -0.05) is 12.7 Å². The number of carbonyl (C=O) groups excluding carboxylic acids is 1. The second-order valence-corrected chi connectivity index (χ2v) is 4.63. The SMILES string of the molecule is [B]CC[C@H]1CN(C(=O)C(C)N)C[C@@]1(N)C(=O)O. The Morgan fingerprint density at radius 1 is 1.65 bits per heavy atom. The van der Waals surface area contributed by atoms with E-state index < -0.39 is 17.6 Å². The Balaban J connectivity index is 2.86. The minimum atomic E-state index is -1.41. The van der Waals surface area contributed by atoms with Gasteiger partial charge in [0, 0.05) is 19.0 Å². The summed E-state index contributed by atoms with van der Waals surface area (Å²) in [7, 11) is 5.43. The Kier molecular flexibility index (Phi) is 4.16. The molecule has 3 atom stereocenters. The van der Waals surface area contributed by atoms with Crippen molar-refractivity contribution in [1.82, 2.24) is 4.90 Å². The molecule has 0 aromatic heterocycles. The number of hydrogen-bond donors (Lipinski definition) is 3. The lowest BCUT2D eigenvalue weighted by Gasteiger charge is -2.25. The minimum Gasteiger partial charge on any atom is -0.480 e. The van der Waals surface area contributed by atoms with E-state index in [0.29, 0.717) is 19.3 Å². The molecule has 1 amide bonds. The predicted molar refractivity (Wildman–Crippen MR) is 63.5 cm³/mol. The highest BCUT2D eigenvalue weighted by atomic mass is 16.4. The molecule has 17 heavy (non-hydrogen) atoms. The molecule has 0 aromatic rings. The Morgan fingerprint density at radius 2 is 2.24 bits per heavy atom. The van der Waals surface area contributed by atoms with E-state index >= 15 is 0 Å². The molecule has 5 N–H and O–H groups in total. The van der Waals surface area contributed by atoms with Gasteiger partial charge in [0.05, 0.1) is 13.9 Å². The van der Waals surface area contributed by atoms with E-state index in [1.807, 2.05) is 0 Å². The molecule has 1 aliphatic rings. The molecule has 7 heteroatoms. The van der Waals surface area contributed by atoms with E-state index in [1.54, 1.807) is 6.92 Å². The molecule has 6 nitrogen and oxygen atoms in total. The third-order valence-corrected chi connectivity index (χ3v) is 3.24. The van der Waals surface area contributed by atoms with Crippen molar-refractivity contribution in [3.63, 3.8) is 0 Å². The van der Waals surface area contributed by atoms with Crippen molar-refractivity contribution in [3.05, 3.63) is 0 Å². The number of aliphatic carboxylic acids is 1. The number of nitrogens with zero attached hydrogens (tertiary/aromatic N) is 1. The van der Waals surface area contributed by atoms with Gasteiger partial charge >= 0.3 is 5.97 Å². The van der Waals surface area contributed by atoms with Crippen LogP contribution in [0.4, 0.5) is 0 Å². The van der Waals surface area contributed by atoms with E-state index in [9.17, 15) is 14.7 Å². The van der Waals surface area contributed by atoms with Crippen molar-refractivity contribution in [1.29, 1.82) is 0 Å². The first kappa shape index (κ1) is 14.0. The van der Waals surface area contributed by atoms with Crippen LogP contribution >= 0.6 is 0 Å². The molecule has 1 unspecified atom stereocenters. The van der Waals surface area contributed by atoms with E-state index in [2.05, 4.69) is 0 Å². The van der Waals surface area contributed by atoms with Gasteiger partial charge in [-0.2, -0.15) is 0 Å². The number of carboxylic acids is 1. The molecule has 0 spiro atoms. The van der Waals surface area contributed by atoms with Crippen LogP contribution in [0.2, 0.25) is 6.32 Å². The van der Waals surface area contributed by atoms with Crippen molar-refractivity contribution in [3.8, 4) is 0 Å². The fourth-order valence-corrected chi connectivity index (χ4v) is 2.19. The largest absolute Gasteiger partial charge is 0.480 e. The van der Waals surface area contributed by atoms with E-state index in [4.69, 9.17) is 19.3 Å². The van der Waals surface area contributed by atoms with Crippen molar-refractivity contribution >= 4 is 19.7 Å². The molecular weight excluding hydrogens is 221 g/mol. The molecule has 0 bridgehead atoms. The van der Waals surface area contributed by atoms with Crippen LogP contribution in [0.3, 0.4) is 0 Å². The molecule has 1 aliphatic heterocycles. The highest BCUT2D eigenvalue weighted by molar-refractivity contribution is 6.08. The summed E-state index contributed by atoms with van der Waals surface area (Å²) in [5, 5.41) is 9.17. The quantitative estimate of drug-likeness (QED) is 0.520. The maximum absolute atomic E-state index is 11.7. The van der Waals surface area contributed by atoms with Gasteiger partial charge in [-0.15, -0.1) is 0 Å². The zero-order chi connectivity index (χ0) is 13.2. The van der Waals surface area contributed by atoms with Gasteiger partial charge in [0.2, 0.25) is 5.91 Å². The normalized spacial score (nSPS) is 30.3. The van der Waals surface area contributed by atoms with Crippen molar-refractivity contribution in [2.75, 3.05) is 13.1 Å². The Morgan fingerprint density at radius 3 is 2.65 bits per heavy atom. The molecule has 1 heterocycles. The van der Waals surface area contributed by atoms with Gasteiger partial charge < -0.3 is 21.5 Å². The average molecular weight is 239 g/mol. The predicted octanol–water partition coefficient (Wildman–Crippen LogP) is -1.45. The van der Waals surface area contributed by atoms with Crippen LogP contribution in [0.1, 0.15) is 13.3 Å². The van der Waals surface area contributed by atoms with Crippen LogP contribution in [0.5, 0.6) is 0 Å². The number of rotatable bonds is 4. The molecule has 1 rings (SSSR count).